The molecule has 11 aromatic carbocycles. The van der Waals surface area contributed by atoms with Gasteiger partial charge < -0.3 is 9.55 Å². The number of hydrogen-bond acceptors (Lipinski definition) is 0. The normalized spacial score (nSPS) is 13.0. The van der Waals surface area contributed by atoms with E-state index in [-0.39, 0.29) is 0 Å². The van der Waals surface area contributed by atoms with Gasteiger partial charge in [0.25, 0.3) is 0 Å². The fourth-order valence-electron chi connectivity index (χ4n) is 12.1. The summed E-state index contributed by atoms with van der Waals surface area (Å²) in [5, 5.41) is 9.94. The fourth-order valence-corrected chi connectivity index (χ4v) is 12.1. The van der Waals surface area contributed by atoms with E-state index < -0.39 is 5.41 Å². The van der Waals surface area contributed by atoms with Crippen molar-refractivity contribution in [3.05, 3.63) is 253 Å². The van der Waals surface area contributed by atoms with E-state index in [1.54, 1.807) is 0 Å². The average Bonchev–Trinajstić information content (AvgIpc) is 4.02. The largest absolute Gasteiger partial charge is 0.354 e. The van der Waals surface area contributed by atoms with Crippen molar-refractivity contribution in [2.24, 2.45) is 7.05 Å². The molecule has 0 spiro atoms. The smallest absolute Gasteiger partial charge is 0.0713 e. The molecule has 2 nitrogen and oxygen atoms in total. The zero-order valence-corrected chi connectivity index (χ0v) is 36.4. The van der Waals surface area contributed by atoms with Gasteiger partial charge in [0.05, 0.1) is 16.4 Å². The van der Waals surface area contributed by atoms with Crippen LogP contribution in [0.15, 0.2) is 231 Å². The van der Waals surface area contributed by atoms with Crippen molar-refractivity contribution >= 4 is 65.2 Å². The minimum Gasteiger partial charge on any atom is -0.354 e. The first kappa shape index (κ1) is 37.0. The minimum absolute atomic E-state index is 0.517. The quantitative estimate of drug-likeness (QED) is 0.167. The van der Waals surface area contributed by atoms with Gasteiger partial charge in [-0.25, -0.2) is 0 Å². The molecule has 0 saturated carbocycles. The number of rotatable bonds is 5. The van der Waals surface area contributed by atoms with Crippen molar-refractivity contribution in [3.63, 3.8) is 0 Å². The Morgan fingerprint density at radius 1 is 0.348 bits per heavy atom. The number of hydrogen-bond donors (Lipinski definition) is 1. The highest BCUT2D eigenvalue weighted by atomic mass is 14.9. The van der Waals surface area contributed by atoms with Gasteiger partial charge in [0.15, 0.2) is 0 Å². The van der Waals surface area contributed by atoms with Gasteiger partial charge in [0.2, 0.25) is 0 Å². The van der Waals surface area contributed by atoms with E-state index in [4.69, 9.17) is 0 Å². The number of aryl methyl sites for hydroxylation is 1. The monoisotopic (exact) mass is 838 g/mol. The van der Waals surface area contributed by atoms with Crippen molar-refractivity contribution in [3.8, 4) is 44.5 Å². The SMILES string of the molecule is Cn1c2ccccc2c2cccc(-c3cccc4c(-c5ccc6c(c5)C(c5ccccc5)(c5ccccc5)c5ccccc5-6)c5cccc(-c6cccc7c6[nH]c6ccccc67)c5cc34)c21. The van der Waals surface area contributed by atoms with Crippen LogP contribution >= 0.6 is 0 Å². The fraction of sp³-hybridized carbons (Fsp3) is 0.0312. The lowest BCUT2D eigenvalue weighted by atomic mass is 9.67. The number of fused-ring (bicyclic) bond motifs is 11. The van der Waals surface area contributed by atoms with Gasteiger partial charge in [-0.15, -0.1) is 0 Å². The molecule has 0 radical (unpaired) electrons. The van der Waals surface area contributed by atoms with E-state index in [2.05, 4.69) is 247 Å². The Morgan fingerprint density at radius 2 is 0.879 bits per heavy atom. The summed E-state index contributed by atoms with van der Waals surface area (Å²) in [5.41, 5.74) is 19.3. The molecule has 2 heteroatoms. The van der Waals surface area contributed by atoms with Crippen LogP contribution in [0.4, 0.5) is 0 Å². The van der Waals surface area contributed by atoms with Crippen LogP contribution in [0.5, 0.6) is 0 Å². The van der Waals surface area contributed by atoms with E-state index in [1.165, 1.54) is 121 Å². The Morgan fingerprint density at radius 3 is 1.62 bits per heavy atom. The first-order valence-electron chi connectivity index (χ1n) is 23.0. The Labute approximate surface area is 382 Å². The number of nitrogens with zero attached hydrogens (tertiary/aromatic N) is 1. The van der Waals surface area contributed by atoms with E-state index >= 15 is 0 Å². The molecule has 0 bridgehead atoms. The summed E-state index contributed by atoms with van der Waals surface area (Å²) in [4.78, 5) is 3.84. The third-order valence-corrected chi connectivity index (χ3v) is 14.8. The number of para-hydroxylation sites is 4. The number of aromatic nitrogens is 2. The van der Waals surface area contributed by atoms with Gasteiger partial charge in [0, 0.05) is 50.8 Å². The minimum atomic E-state index is -0.517. The third-order valence-electron chi connectivity index (χ3n) is 14.8. The Bertz CT molecular complexity index is 4070. The summed E-state index contributed by atoms with van der Waals surface area (Å²) in [7, 11) is 2.22. The lowest BCUT2D eigenvalue weighted by Crippen LogP contribution is -2.28. The van der Waals surface area contributed by atoms with Crippen LogP contribution in [-0.4, -0.2) is 9.55 Å². The molecule has 0 fully saturated rings. The van der Waals surface area contributed by atoms with Gasteiger partial charge >= 0.3 is 0 Å². The van der Waals surface area contributed by atoms with Crippen molar-refractivity contribution in [1.82, 2.24) is 9.55 Å². The van der Waals surface area contributed by atoms with Crippen LogP contribution in [0.3, 0.4) is 0 Å². The lowest BCUT2D eigenvalue weighted by molar-refractivity contribution is 0.769. The molecule has 1 N–H and O–H groups in total. The maximum absolute atomic E-state index is 3.84. The second-order valence-corrected chi connectivity index (χ2v) is 18.0. The van der Waals surface area contributed by atoms with Gasteiger partial charge in [-0.05, 0) is 101 Å². The molecule has 14 rings (SSSR count). The van der Waals surface area contributed by atoms with Crippen molar-refractivity contribution in [1.29, 1.82) is 0 Å². The first-order valence-corrected chi connectivity index (χ1v) is 23.0. The highest BCUT2D eigenvalue weighted by Gasteiger charge is 2.46. The van der Waals surface area contributed by atoms with Crippen LogP contribution in [0.2, 0.25) is 0 Å². The second-order valence-electron chi connectivity index (χ2n) is 18.0. The van der Waals surface area contributed by atoms with Crippen molar-refractivity contribution < 1.29 is 0 Å². The summed E-state index contributed by atoms with van der Waals surface area (Å²) < 4.78 is 2.38. The molecule has 0 saturated heterocycles. The van der Waals surface area contributed by atoms with Crippen LogP contribution in [0.25, 0.3) is 110 Å². The highest BCUT2D eigenvalue weighted by molar-refractivity contribution is 6.23. The lowest BCUT2D eigenvalue weighted by Gasteiger charge is -2.34. The Balaban J connectivity index is 1.12. The molecular weight excluding hydrogens is 797 g/mol. The van der Waals surface area contributed by atoms with Gasteiger partial charge in [-0.1, -0.05) is 206 Å². The van der Waals surface area contributed by atoms with E-state index in [0.717, 1.165) is 11.0 Å². The maximum atomic E-state index is 3.84. The predicted octanol–water partition coefficient (Wildman–Crippen LogP) is 16.6. The highest BCUT2D eigenvalue weighted by Crippen LogP contribution is 2.57. The molecule has 308 valence electrons. The number of benzene rings is 11. The van der Waals surface area contributed by atoms with Crippen molar-refractivity contribution in [2.75, 3.05) is 0 Å². The molecular formula is C64H42N2. The second kappa shape index (κ2) is 14.0. The number of H-pyrrole nitrogens is 1. The molecule has 13 aromatic rings. The van der Waals surface area contributed by atoms with Crippen LogP contribution in [0, 0.1) is 0 Å². The van der Waals surface area contributed by atoms with E-state index in [0.29, 0.717) is 0 Å². The van der Waals surface area contributed by atoms with Crippen LogP contribution in [-0.2, 0) is 12.5 Å². The van der Waals surface area contributed by atoms with Gasteiger partial charge in [0.1, 0.15) is 0 Å². The summed E-state index contributed by atoms with van der Waals surface area (Å²) in [6.07, 6.45) is 0. The molecule has 0 aliphatic heterocycles. The molecule has 1 aliphatic rings. The standard InChI is InChI=1S/C64H42N2/c1-66-60-35-13-10-24-48(60)54-32-17-31-53(63(54)66)44-26-15-28-50-56(44)39-55-43(51-29-16-30-52-47-23-9-12-34-59(47)65-62(51)52)25-14-27-49(55)61(50)40-36-37-46-45-22-8-11-33-57(45)64(58(46)38-40,41-18-4-2-5-19-41)42-20-6-3-7-21-42/h2-39,65H,1H3. The number of aromatic amines is 1. The van der Waals surface area contributed by atoms with Crippen LogP contribution in [0.1, 0.15) is 22.3 Å². The topological polar surface area (TPSA) is 20.7 Å². The molecule has 0 atom stereocenters. The molecule has 0 unspecified atom stereocenters. The summed E-state index contributed by atoms with van der Waals surface area (Å²) in [5.74, 6) is 0. The Kier molecular flexibility index (Phi) is 7.85. The van der Waals surface area contributed by atoms with Gasteiger partial charge in [-0.2, -0.15) is 0 Å². The molecule has 0 amide bonds. The van der Waals surface area contributed by atoms with E-state index in [9.17, 15) is 0 Å². The maximum Gasteiger partial charge on any atom is 0.0713 e. The summed E-state index contributed by atoms with van der Waals surface area (Å²) in [6.45, 7) is 0. The molecule has 2 aromatic heterocycles. The number of nitrogens with one attached hydrogen (secondary N) is 1. The van der Waals surface area contributed by atoms with Crippen LogP contribution < -0.4 is 0 Å². The first-order chi connectivity index (χ1) is 32.7. The van der Waals surface area contributed by atoms with Gasteiger partial charge in [-0.3, -0.25) is 0 Å². The zero-order valence-electron chi connectivity index (χ0n) is 36.4. The predicted molar refractivity (Wildman–Crippen MR) is 278 cm³/mol. The third kappa shape index (κ3) is 5.01. The average molecular weight is 839 g/mol. The summed E-state index contributed by atoms with van der Waals surface area (Å²) in [6, 6.07) is 86.1. The van der Waals surface area contributed by atoms with E-state index in [1.807, 2.05) is 0 Å². The zero-order chi connectivity index (χ0) is 43.5. The summed E-state index contributed by atoms with van der Waals surface area (Å²) >= 11 is 0. The Hall–Kier alpha value is -8.46. The molecule has 2 heterocycles. The van der Waals surface area contributed by atoms with Crippen molar-refractivity contribution in [2.45, 2.75) is 5.41 Å². The molecule has 66 heavy (non-hydrogen) atoms. The molecule has 1 aliphatic carbocycles.